The molecule has 13 rings (SSSR count). The highest BCUT2D eigenvalue weighted by Gasteiger charge is 2.39. The minimum absolute atomic E-state index is 0.108. The van der Waals surface area contributed by atoms with Gasteiger partial charge in [-0.25, -0.2) is 0 Å². The van der Waals surface area contributed by atoms with Crippen LogP contribution in [0.4, 0.5) is 0 Å². The molecule has 0 amide bonds. The predicted octanol–water partition coefficient (Wildman–Crippen LogP) is 17.1. The molecular formula is C64H50O2. The summed E-state index contributed by atoms with van der Waals surface area (Å²) >= 11 is 0. The lowest BCUT2D eigenvalue weighted by atomic mass is 9.81. The van der Waals surface area contributed by atoms with E-state index in [1.54, 1.807) is 14.2 Å². The zero-order valence-electron chi connectivity index (χ0n) is 38.3. The van der Waals surface area contributed by atoms with Crippen molar-refractivity contribution < 1.29 is 9.47 Å². The summed E-state index contributed by atoms with van der Waals surface area (Å²) < 4.78 is 11.6. The van der Waals surface area contributed by atoms with Crippen molar-refractivity contribution in [3.8, 4) is 56.0 Å². The maximum Gasteiger partial charge on any atom is 0.127 e. The van der Waals surface area contributed by atoms with Gasteiger partial charge in [-0.05, 0) is 140 Å². The fourth-order valence-electron chi connectivity index (χ4n) is 11.6. The van der Waals surface area contributed by atoms with Crippen LogP contribution in [0.3, 0.4) is 0 Å². The smallest absolute Gasteiger partial charge is 0.127 e. The van der Waals surface area contributed by atoms with Crippen LogP contribution in [0.5, 0.6) is 11.5 Å². The van der Waals surface area contributed by atoms with Gasteiger partial charge in [-0.3, -0.25) is 0 Å². The molecule has 0 atom stereocenters. The number of ether oxygens (including phenoxy) is 2. The van der Waals surface area contributed by atoms with Gasteiger partial charge in [0.05, 0.1) is 14.2 Å². The monoisotopic (exact) mass is 850 g/mol. The van der Waals surface area contributed by atoms with Crippen LogP contribution in [0, 0.1) is 0 Å². The van der Waals surface area contributed by atoms with Gasteiger partial charge in [0.25, 0.3) is 0 Å². The molecule has 0 saturated heterocycles. The quantitative estimate of drug-likeness (QED) is 0.164. The summed E-state index contributed by atoms with van der Waals surface area (Å²) in [4.78, 5) is 0. The molecule has 0 heterocycles. The second-order valence-corrected chi connectivity index (χ2v) is 19.1. The summed E-state index contributed by atoms with van der Waals surface area (Å²) in [5, 5.41) is 12.8. The van der Waals surface area contributed by atoms with Gasteiger partial charge in [-0.2, -0.15) is 0 Å². The summed E-state index contributed by atoms with van der Waals surface area (Å²) in [6.07, 6.45) is 0. The molecule has 0 radical (unpaired) electrons. The molecule has 0 N–H and O–H groups in total. The maximum absolute atomic E-state index is 5.84. The van der Waals surface area contributed by atoms with Crippen molar-refractivity contribution in [2.45, 2.75) is 38.5 Å². The Kier molecular flexibility index (Phi) is 9.03. The number of fused-ring (bicyclic) bond motifs is 16. The lowest BCUT2D eigenvalue weighted by Crippen LogP contribution is -2.15. The Morgan fingerprint density at radius 3 is 1.18 bits per heavy atom. The third-order valence-electron chi connectivity index (χ3n) is 14.9. The Balaban J connectivity index is 0.000000138. The van der Waals surface area contributed by atoms with Gasteiger partial charge in [-0.1, -0.05) is 191 Å². The minimum Gasteiger partial charge on any atom is -0.496 e. The van der Waals surface area contributed by atoms with E-state index in [1.165, 1.54) is 121 Å². The number of rotatable bonds is 4. The van der Waals surface area contributed by atoms with Crippen molar-refractivity contribution >= 4 is 53.9 Å². The number of hydrogen-bond acceptors (Lipinski definition) is 2. The molecule has 0 unspecified atom stereocenters. The molecule has 2 heteroatoms. The highest BCUT2D eigenvalue weighted by atomic mass is 16.5. The van der Waals surface area contributed by atoms with Crippen molar-refractivity contribution in [3.63, 3.8) is 0 Å². The Morgan fingerprint density at radius 2 is 0.667 bits per heavy atom. The average molecular weight is 851 g/mol. The van der Waals surface area contributed by atoms with E-state index in [2.05, 4.69) is 222 Å². The largest absolute Gasteiger partial charge is 0.496 e. The van der Waals surface area contributed by atoms with E-state index in [-0.39, 0.29) is 10.8 Å². The molecule has 0 aliphatic heterocycles. The van der Waals surface area contributed by atoms with Crippen LogP contribution in [0.1, 0.15) is 49.9 Å². The molecule has 318 valence electrons. The van der Waals surface area contributed by atoms with Crippen molar-refractivity contribution in [2.75, 3.05) is 14.2 Å². The molecule has 0 spiro atoms. The van der Waals surface area contributed by atoms with E-state index < -0.39 is 0 Å². The second-order valence-electron chi connectivity index (χ2n) is 19.1. The van der Waals surface area contributed by atoms with E-state index in [1.807, 2.05) is 0 Å². The highest BCUT2D eigenvalue weighted by molar-refractivity contribution is 6.26. The molecule has 11 aromatic carbocycles. The van der Waals surface area contributed by atoms with Crippen molar-refractivity contribution in [3.05, 3.63) is 216 Å². The molecular weight excluding hydrogens is 801 g/mol. The van der Waals surface area contributed by atoms with Crippen LogP contribution in [0.2, 0.25) is 0 Å². The van der Waals surface area contributed by atoms with E-state index in [9.17, 15) is 0 Å². The normalized spacial score (nSPS) is 13.8. The third kappa shape index (κ3) is 5.80. The molecule has 66 heavy (non-hydrogen) atoms. The number of methoxy groups -OCH3 is 2. The highest BCUT2D eigenvalue weighted by Crippen LogP contribution is 2.56. The molecule has 0 aromatic heterocycles. The van der Waals surface area contributed by atoms with Gasteiger partial charge >= 0.3 is 0 Å². The standard InChI is InChI=1S/C32H24O.C32H26O/c1-32(2)28-17-26-22-13-7-5-11-20(22)19-10-4-6-12-21(19)25(26)16-27(28)31-24-15-9-8-14-23(24)30(33-3)18-29(31)32;1-32(2)28-19-22(24-14-8-7-13-23(24)21-11-5-4-6-12-21)17-18-27(28)31-26-16-10-9-15-25(26)30(33-3)20-29(31)32/h4-18H,1-3H3;4-20H,1-3H3. The van der Waals surface area contributed by atoms with Gasteiger partial charge in [0.1, 0.15) is 11.5 Å². The van der Waals surface area contributed by atoms with E-state index in [0.717, 1.165) is 11.5 Å². The summed E-state index contributed by atoms with van der Waals surface area (Å²) in [7, 11) is 3.54. The van der Waals surface area contributed by atoms with Crippen LogP contribution in [-0.2, 0) is 10.8 Å². The van der Waals surface area contributed by atoms with Gasteiger partial charge < -0.3 is 9.47 Å². The third-order valence-corrected chi connectivity index (χ3v) is 14.9. The van der Waals surface area contributed by atoms with E-state index in [4.69, 9.17) is 9.47 Å². The predicted molar refractivity (Wildman–Crippen MR) is 280 cm³/mol. The topological polar surface area (TPSA) is 18.5 Å². The average Bonchev–Trinajstić information content (AvgIpc) is 3.74. The fraction of sp³-hybridized carbons (Fsp3) is 0.125. The summed E-state index contributed by atoms with van der Waals surface area (Å²) in [6, 6.07) is 70.6. The molecule has 0 fully saturated rings. The summed E-state index contributed by atoms with van der Waals surface area (Å²) in [6.45, 7) is 9.36. The Bertz CT molecular complexity index is 3780. The zero-order valence-corrected chi connectivity index (χ0v) is 38.3. The first-order valence-electron chi connectivity index (χ1n) is 23.1. The summed E-state index contributed by atoms with van der Waals surface area (Å²) in [5.41, 5.74) is 15.6. The fourth-order valence-corrected chi connectivity index (χ4v) is 11.6. The van der Waals surface area contributed by atoms with Crippen LogP contribution in [0.25, 0.3) is 98.4 Å². The molecule has 11 aromatic rings. The van der Waals surface area contributed by atoms with Crippen molar-refractivity contribution in [1.29, 1.82) is 0 Å². The van der Waals surface area contributed by atoms with Crippen LogP contribution >= 0.6 is 0 Å². The number of hydrogen-bond donors (Lipinski definition) is 0. The van der Waals surface area contributed by atoms with Crippen LogP contribution in [-0.4, -0.2) is 14.2 Å². The molecule has 2 aliphatic rings. The number of benzene rings is 11. The van der Waals surface area contributed by atoms with Crippen LogP contribution in [0.15, 0.2) is 194 Å². The zero-order chi connectivity index (χ0) is 44.9. The first kappa shape index (κ1) is 39.9. The van der Waals surface area contributed by atoms with Gasteiger partial charge in [-0.15, -0.1) is 0 Å². The van der Waals surface area contributed by atoms with Gasteiger partial charge in [0.2, 0.25) is 0 Å². The van der Waals surface area contributed by atoms with E-state index >= 15 is 0 Å². The first-order valence-corrected chi connectivity index (χ1v) is 23.1. The Labute approximate surface area is 386 Å². The molecule has 2 nitrogen and oxygen atoms in total. The summed E-state index contributed by atoms with van der Waals surface area (Å²) in [5.74, 6) is 1.89. The Hall–Kier alpha value is -7.68. The van der Waals surface area contributed by atoms with Crippen molar-refractivity contribution in [1.82, 2.24) is 0 Å². The molecule has 0 bridgehead atoms. The van der Waals surface area contributed by atoms with Crippen molar-refractivity contribution in [2.24, 2.45) is 0 Å². The molecule has 0 saturated carbocycles. The first-order chi connectivity index (χ1) is 32.2. The Morgan fingerprint density at radius 1 is 0.273 bits per heavy atom. The SMILES string of the molecule is COc1cc2c(c3ccccc13)-c1cc3c4ccccc4c4ccccc4c3cc1C2(C)C.COc1cc2c(c3ccccc13)-c1ccc(-c3ccccc3-c3ccccc3)cc1C2(C)C. The van der Waals surface area contributed by atoms with Gasteiger partial charge in [0, 0.05) is 21.6 Å². The molecule has 2 aliphatic carbocycles. The van der Waals surface area contributed by atoms with Crippen LogP contribution < -0.4 is 9.47 Å². The minimum atomic E-state index is -0.111. The second kappa shape index (κ2) is 14.9. The van der Waals surface area contributed by atoms with Gasteiger partial charge in [0.15, 0.2) is 0 Å². The lowest BCUT2D eigenvalue weighted by Gasteiger charge is -2.23. The lowest BCUT2D eigenvalue weighted by molar-refractivity contribution is 0.418. The maximum atomic E-state index is 5.84. The van der Waals surface area contributed by atoms with E-state index in [0.29, 0.717) is 0 Å².